The van der Waals surface area contributed by atoms with Gasteiger partial charge in [0.15, 0.2) is 12.2 Å². The number of rotatable bonds is 67. The number of esters is 4. The molecular formula is C68H132O17P2. The lowest BCUT2D eigenvalue weighted by Crippen LogP contribution is -2.30. The second-order valence-corrected chi connectivity index (χ2v) is 28.2. The number of phosphoric ester groups is 2. The van der Waals surface area contributed by atoms with E-state index in [0.29, 0.717) is 31.6 Å². The number of unbranched alkanes of at least 4 members (excludes halogenated alkanes) is 36. The molecule has 0 aliphatic heterocycles. The van der Waals surface area contributed by atoms with Crippen LogP contribution in [0.15, 0.2) is 0 Å². The Morgan fingerprint density at radius 1 is 0.333 bits per heavy atom. The lowest BCUT2D eigenvalue weighted by Gasteiger charge is -2.21. The molecule has 0 aromatic carbocycles. The number of hydrogen-bond acceptors (Lipinski definition) is 15. The van der Waals surface area contributed by atoms with Gasteiger partial charge in [-0.05, 0) is 37.5 Å². The van der Waals surface area contributed by atoms with Crippen molar-refractivity contribution in [2.45, 2.75) is 362 Å². The van der Waals surface area contributed by atoms with Crippen LogP contribution in [0.1, 0.15) is 343 Å². The monoisotopic (exact) mass is 1280 g/mol. The number of carbonyl (C=O) groups excluding carboxylic acids is 4. The minimum absolute atomic E-state index is 0.106. The predicted octanol–water partition coefficient (Wildman–Crippen LogP) is 19.2. The molecule has 19 heteroatoms. The van der Waals surface area contributed by atoms with Crippen LogP contribution in [0.4, 0.5) is 0 Å². The lowest BCUT2D eigenvalue weighted by atomic mass is 9.99. The predicted molar refractivity (Wildman–Crippen MR) is 349 cm³/mol. The van der Waals surface area contributed by atoms with E-state index in [4.69, 9.17) is 37.0 Å². The van der Waals surface area contributed by atoms with E-state index in [-0.39, 0.29) is 25.7 Å². The van der Waals surface area contributed by atoms with E-state index in [0.717, 1.165) is 102 Å². The van der Waals surface area contributed by atoms with Gasteiger partial charge in [0.05, 0.1) is 26.4 Å². The van der Waals surface area contributed by atoms with Gasteiger partial charge in [0.2, 0.25) is 0 Å². The summed E-state index contributed by atoms with van der Waals surface area (Å²) >= 11 is 0. The zero-order valence-corrected chi connectivity index (χ0v) is 58.1. The molecule has 0 radical (unpaired) electrons. The average Bonchev–Trinajstić information content (AvgIpc) is 3.62. The molecule has 0 saturated carbocycles. The van der Waals surface area contributed by atoms with Crippen molar-refractivity contribution >= 4 is 39.5 Å². The zero-order chi connectivity index (χ0) is 64.3. The van der Waals surface area contributed by atoms with Crippen LogP contribution in [-0.4, -0.2) is 96.7 Å². The van der Waals surface area contributed by atoms with Crippen molar-refractivity contribution < 1.29 is 80.2 Å². The van der Waals surface area contributed by atoms with E-state index in [9.17, 15) is 43.2 Å². The van der Waals surface area contributed by atoms with Gasteiger partial charge < -0.3 is 33.8 Å². The fraction of sp³-hybridized carbons (Fsp3) is 0.941. The Hall–Kier alpha value is -1.94. The van der Waals surface area contributed by atoms with Gasteiger partial charge in [0.25, 0.3) is 0 Å². The van der Waals surface area contributed by atoms with Crippen LogP contribution in [0.2, 0.25) is 0 Å². The first kappa shape index (κ1) is 85.1. The Balaban J connectivity index is 5.25. The van der Waals surface area contributed by atoms with E-state index in [1.165, 1.54) is 154 Å². The normalized spacial score (nSPS) is 14.5. The molecule has 87 heavy (non-hydrogen) atoms. The van der Waals surface area contributed by atoms with E-state index in [2.05, 4.69) is 41.5 Å². The fourth-order valence-corrected chi connectivity index (χ4v) is 11.8. The number of aliphatic hydroxyl groups is 1. The van der Waals surface area contributed by atoms with Crippen LogP contribution in [0.25, 0.3) is 0 Å². The molecule has 0 rings (SSSR count). The summed E-state index contributed by atoms with van der Waals surface area (Å²) in [6.07, 6.45) is 44.4. The molecule has 0 saturated heterocycles. The van der Waals surface area contributed by atoms with Crippen molar-refractivity contribution in [3.05, 3.63) is 0 Å². The Bertz CT molecular complexity index is 1700. The van der Waals surface area contributed by atoms with Gasteiger partial charge >= 0.3 is 39.5 Å². The molecule has 0 aromatic rings. The highest BCUT2D eigenvalue weighted by Crippen LogP contribution is 2.45. The summed E-state index contributed by atoms with van der Waals surface area (Å²) in [4.78, 5) is 72.4. The molecule has 0 aliphatic carbocycles. The van der Waals surface area contributed by atoms with Crippen LogP contribution < -0.4 is 0 Å². The molecule has 17 nitrogen and oxygen atoms in total. The van der Waals surface area contributed by atoms with Crippen molar-refractivity contribution in [1.29, 1.82) is 0 Å². The standard InChI is InChI=1S/C68H132O17P2/c1-7-10-12-14-16-18-20-21-23-27-31-38-44-50-65(70)78-56-63(84-68(73)53-47-41-33-29-25-24-26-30-37-43-49-61(6)9-3)58-82-86(74,75)80-54-62(69)55-81-87(76,77)83-59-64(57-79-66(71)51-45-39-35-34-36-42-48-60(4)5)85-67(72)52-46-40-32-28-22-19-17-15-13-11-8-2/h60-64,69H,7-59H2,1-6H3,(H,74,75)(H,76,77)/t61?,62-,63-,64-/m1/s1. The molecule has 0 bridgehead atoms. The summed E-state index contributed by atoms with van der Waals surface area (Å²) in [7, 11) is -9.89. The first-order valence-corrected chi connectivity index (χ1v) is 38.5. The number of aliphatic hydroxyl groups excluding tert-OH is 1. The maximum absolute atomic E-state index is 13.0. The van der Waals surface area contributed by atoms with Gasteiger partial charge in [-0.15, -0.1) is 0 Å². The van der Waals surface area contributed by atoms with Gasteiger partial charge in [-0.25, -0.2) is 9.13 Å². The highest BCUT2D eigenvalue weighted by atomic mass is 31.2. The van der Waals surface area contributed by atoms with E-state index in [1.54, 1.807) is 0 Å². The fourth-order valence-electron chi connectivity index (χ4n) is 10.2. The van der Waals surface area contributed by atoms with E-state index in [1.807, 2.05) is 0 Å². The molecule has 516 valence electrons. The minimum Gasteiger partial charge on any atom is -0.462 e. The number of phosphoric acid groups is 2. The third-order valence-corrected chi connectivity index (χ3v) is 18.0. The molecule has 6 atom stereocenters. The zero-order valence-electron chi connectivity index (χ0n) is 56.3. The first-order chi connectivity index (χ1) is 41.9. The number of ether oxygens (including phenoxy) is 4. The summed E-state index contributed by atoms with van der Waals surface area (Å²) in [5.41, 5.74) is 0. The second kappa shape index (κ2) is 60.3. The summed E-state index contributed by atoms with van der Waals surface area (Å²) in [5.74, 6) is -0.645. The Morgan fingerprint density at radius 2 is 0.586 bits per heavy atom. The number of hydrogen-bond donors (Lipinski definition) is 3. The third kappa shape index (κ3) is 61.3. The molecule has 0 aromatic heterocycles. The minimum atomic E-state index is -4.95. The highest BCUT2D eigenvalue weighted by molar-refractivity contribution is 7.47. The maximum Gasteiger partial charge on any atom is 0.472 e. The summed E-state index contributed by atoms with van der Waals surface area (Å²) < 4.78 is 68.2. The van der Waals surface area contributed by atoms with Gasteiger partial charge in [-0.3, -0.25) is 37.3 Å². The average molecular weight is 1280 g/mol. The van der Waals surface area contributed by atoms with Crippen LogP contribution in [0.3, 0.4) is 0 Å². The van der Waals surface area contributed by atoms with Crippen molar-refractivity contribution in [3.63, 3.8) is 0 Å². The number of carbonyl (C=O) groups is 4. The Kier molecular flexibility index (Phi) is 59.0. The third-order valence-electron chi connectivity index (χ3n) is 16.1. The quantitative estimate of drug-likeness (QED) is 0.0222. The molecule has 0 spiro atoms. The van der Waals surface area contributed by atoms with Crippen molar-refractivity contribution in [2.75, 3.05) is 39.6 Å². The van der Waals surface area contributed by atoms with Crippen LogP contribution >= 0.6 is 15.6 Å². The van der Waals surface area contributed by atoms with Crippen molar-refractivity contribution in [1.82, 2.24) is 0 Å². The van der Waals surface area contributed by atoms with Gasteiger partial charge in [-0.2, -0.15) is 0 Å². The molecule has 3 N–H and O–H groups in total. The summed E-state index contributed by atoms with van der Waals surface area (Å²) in [6, 6.07) is 0. The molecule has 0 aliphatic rings. The summed E-state index contributed by atoms with van der Waals surface area (Å²) in [6.45, 7) is 9.47. The van der Waals surface area contributed by atoms with Crippen LogP contribution in [-0.2, 0) is 65.4 Å². The topological polar surface area (TPSA) is 237 Å². The molecule has 0 heterocycles. The van der Waals surface area contributed by atoms with E-state index >= 15 is 0 Å². The Morgan fingerprint density at radius 3 is 0.874 bits per heavy atom. The van der Waals surface area contributed by atoms with E-state index < -0.39 is 97.5 Å². The van der Waals surface area contributed by atoms with Gasteiger partial charge in [0.1, 0.15) is 19.3 Å². The highest BCUT2D eigenvalue weighted by Gasteiger charge is 2.30. The molecular weight excluding hydrogens is 1150 g/mol. The maximum atomic E-state index is 13.0. The SMILES string of the molecule is CCCCCCCCCCCCCCCC(=O)OC[C@H](COP(=O)(O)OC[C@@H](O)COP(=O)(O)OC[C@@H](COC(=O)CCCCCCCCC(C)C)OC(=O)CCCCCCCCCCCCC)OC(=O)CCCCCCCCCCCCC(C)CC. The van der Waals surface area contributed by atoms with Crippen molar-refractivity contribution in [2.24, 2.45) is 11.8 Å². The molecule has 0 fully saturated rings. The van der Waals surface area contributed by atoms with Crippen LogP contribution in [0, 0.1) is 11.8 Å². The largest absolute Gasteiger partial charge is 0.472 e. The van der Waals surface area contributed by atoms with Gasteiger partial charge in [-0.1, -0.05) is 292 Å². The van der Waals surface area contributed by atoms with Crippen molar-refractivity contribution in [3.8, 4) is 0 Å². The van der Waals surface area contributed by atoms with Gasteiger partial charge in [0, 0.05) is 25.7 Å². The van der Waals surface area contributed by atoms with Crippen LogP contribution in [0.5, 0.6) is 0 Å². The lowest BCUT2D eigenvalue weighted by molar-refractivity contribution is -0.161. The second-order valence-electron chi connectivity index (χ2n) is 25.3. The Labute approximate surface area is 530 Å². The first-order valence-electron chi connectivity index (χ1n) is 35.5. The smallest absolute Gasteiger partial charge is 0.462 e. The molecule has 3 unspecified atom stereocenters. The molecule has 0 amide bonds. The summed E-state index contributed by atoms with van der Waals surface area (Å²) in [5, 5.41) is 10.6.